The van der Waals surface area contributed by atoms with Crippen molar-refractivity contribution in [1.82, 2.24) is 9.55 Å². The molecule has 3 nitrogen and oxygen atoms in total. The fraction of sp³-hybridized carbons (Fsp3) is 0.467. The van der Waals surface area contributed by atoms with Crippen LogP contribution in [0.5, 0.6) is 0 Å². The Balaban J connectivity index is 2.54. The number of hydrogen-bond donors (Lipinski definition) is 0. The van der Waals surface area contributed by atoms with Gasteiger partial charge in [-0.2, -0.15) is 5.26 Å². The lowest BCUT2D eigenvalue weighted by Gasteiger charge is -2.12. The second kappa shape index (κ2) is 4.81. The van der Waals surface area contributed by atoms with E-state index in [9.17, 15) is 5.26 Å². The molecular formula is C15H19N3. The van der Waals surface area contributed by atoms with Crippen molar-refractivity contribution < 1.29 is 0 Å². The third-order valence-corrected chi connectivity index (χ3v) is 3.48. The number of nitriles is 1. The molecule has 18 heavy (non-hydrogen) atoms. The molecule has 0 N–H and O–H groups in total. The van der Waals surface area contributed by atoms with Crippen LogP contribution in [0.25, 0.3) is 11.0 Å². The predicted octanol–water partition coefficient (Wildman–Crippen LogP) is 3.40. The molecule has 0 aliphatic carbocycles. The van der Waals surface area contributed by atoms with E-state index in [1.165, 1.54) is 0 Å². The van der Waals surface area contributed by atoms with Crippen LogP contribution in [0, 0.1) is 17.2 Å². The number of imidazole rings is 1. The maximum atomic E-state index is 9.25. The van der Waals surface area contributed by atoms with Crippen LogP contribution in [-0.2, 0) is 13.5 Å². The van der Waals surface area contributed by atoms with Gasteiger partial charge < -0.3 is 4.57 Å². The summed E-state index contributed by atoms with van der Waals surface area (Å²) in [5, 5.41) is 9.25. The van der Waals surface area contributed by atoms with Crippen molar-refractivity contribution in [2.75, 3.05) is 0 Å². The van der Waals surface area contributed by atoms with Crippen LogP contribution in [0.15, 0.2) is 18.2 Å². The lowest BCUT2D eigenvalue weighted by molar-refractivity contribution is 0.587. The Morgan fingerprint density at radius 1 is 1.39 bits per heavy atom. The molecule has 1 unspecified atom stereocenters. The fourth-order valence-electron chi connectivity index (χ4n) is 2.38. The smallest absolute Gasteiger partial charge is 0.109 e. The maximum absolute atomic E-state index is 9.25. The van der Waals surface area contributed by atoms with Gasteiger partial charge in [-0.15, -0.1) is 0 Å². The molecule has 0 saturated heterocycles. The molecule has 0 fully saturated rings. The highest BCUT2D eigenvalue weighted by Crippen LogP contribution is 2.26. The minimum absolute atomic E-state index is 0.0542. The van der Waals surface area contributed by atoms with Gasteiger partial charge in [0.25, 0.3) is 0 Å². The van der Waals surface area contributed by atoms with E-state index < -0.39 is 0 Å². The number of aromatic nitrogens is 2. The van der Waals surface area contributed by atoms with Crippen molar-refractivity contribution in [1.29, 1.82) is 5.26 Å². The quantitative estimate of drug-likeness (QED) is 0.826. The van der Waals surface area contributed by atoms with Crippen molar-refractivity contribution in [2.45, 2.75) is 33.1 Å². The van der Waals surface area contributed by atoms with Crippen LogP contribution >= 0.6 is 0 Å². The molecule has 1 heterocycles. The van der Waals surface area contributed by atoms with E-state index in [-0.39, 0.29) is 5.92 Å². The van der Waals surface area contributed by atoms with Crippen molar-refractivity contribution >= 4 is 11.0 Å². The zero-order valence-electron chi connectivity index (χ0n) is 11.4. The monoisotopic (exact) mass is 241 g/mol. The van der Waals surface area contributed by atoms with Crippen LogP contribution in [0.2, 0.25) is 0 Å². The summed E-state index contributed by atoms with van der Waals surface area (Å²) in [6.45, 7) is 6.26. The van der Waals surface area contributed by atoms with E-state index in [1.54, 1.807) is 0 Å². The summed E-state index contributed by atoms with van der Waals surface area (Å²) < 4.78 is 2.12. The first-order valence-electron chi connectivity index (χ1n) is 6.43. The molecule has 0 radical (unpaired) electrons. The third-order valence-electron chi connectivity index (χ3n) is 3.48. The van der Waals surface area contributed by atoms with Gasteiger partial charge in [-0.1, -0.05) is 26.8 Å². The summed E-state index contributed by atoms with van der Waals surface area (Å²) in [5.41, 5.74) is 3.20. The molecule has 3 heteroatoms. The number of nitrogens with zero attached hydrogens (tertiary/aromatic N) is 3. The lowest BCUT2D eigenvalue weighted by Crippen LogP contribution is -2.03. The van der Waals surface area contributed by atoms with Gasteiger partial charge in [0.2, 0.25) is 0 Å². The number of benzene rings is 1. The van der Waals surface area contributed by atoms with Gasteiger partial charge in [0.15, 0.2) is 0 Å². The standard InChI is InChI=1S/C15H19N3/c1-5-15-17-13-8-11(12(9-16)10(2)3)6-7-14(13)18(15)4/h6-8,10,12H,5H2,1-4H3. The first kappa shape index (κ1) is 12.6. The maximum Gasteiger partial charge on any atom is 0.109 e. The molecule has 0 aliphatic heterocycles. The molecule has 94 valence electrons. The molecule has 0 aliphatic rings. The van der Waals surface area contributed by atoms with E-state index in [1.807, 2.05) is 7.05 Å². The molecule has 1 aromatic heterocycles. The largest absolute Gasteiger partial charge is 0.331 e. The van der Waals surface area contributed by atoms with Crippen molar-refractivity contribution in [3.8, 4) is 6.07 Å². The average Bonchev–Trinajstić information content (AvgIpc) is 2.66. The van der Waals surface area contributed by atoms with Crippen LogP contribution < -0.4 is 0 Å². The van der Waals surface area contributed by atoms with Gasteiger partial charge in [-0.3, -0.25) is 0 Å². The van der Waals surface area contributed by atoms with Crippen LogP contribution in [0.3, 0.4) is 0 Å². The molecular weight excluding hydrogens is 222 g/mol. The first-order chi connectivity index (χ1) is 8.58. The predicted molar refractivity (Wildman–Crippen MR) is 73.3 cm³/mol. The summed E-state index contributed by atoms with van der Waals surface area (Å²) in [4.78, 5) is 4.62. The summed E-state index contributed by atoms with van der Waals surface area (Å²) in [5.74, 6) is 1.35. The van der Waals surface area contributed by atoms with E-state index >= 15 is 0 Å². The minimum Gasteiger partial charge on any atom is -0.331 e. The molecule has 1 aromatic carbocycles. The van der Waals surface area contributed by atoms with Crippen LogP contribution in [-0.4, -0.2) is 9.55 Å². The molecule has 2 rings (SSSR count). The second-order valence-electron chi connectivity index (χ2n) is 5.04. The SMILES string of the molecule is CCc1nc2cc(C(C#N)C(C)C)ccc2n1C. The molecule has 0 bridgehead atoms. The van der Waals surface area contributed by atoms with Gasteiger partial charge in [0.05, 0.1) is 23.0 Å². The third kappa shape index (κ3) is 1.99. The first-order valence-corrected chi connectivity index (χ1v) is 6.43. The summed E-state index contributed by atoms with van der Waals surface area (Å²) >= 11 is 0. The Labute approximate surface area is 108 Å². The Kier molecular flexibility index (Phi) is 3.38. The van der Waals surface area contributed by atoms with Crippen molar-refractivity contribution in [2.24, 2.45) is 13.0 Å². The van der Waals surface area contributed by atoms with Gasteiger partial charge in [-0.05, 0) is 23.6 Å². The molecule has 0 saturated carbocycles. The number of rotatable bonds is 3. The van der Waals surface area contributed by atoms with E-state index in [0.717, 1.165) is 28.8 Å². The minimum atomic E-state index is -0.0542. The van der Waals surface area contributed by atoms with E-state index in [4.69, 9.17) is 0 Å². The number of fused-ring (bicyclic) bond motifs is 1. The normalized spacial score (nSPS) is 12.9. The second-order valence-corrected chi connectivity index (χ2v) is 5.04. The molecule has 2 aromatic rings. The topological polar surface area (TPSA) is 41.6 Å². The zero-order chi connectivity index (χ0) is 13.3. The van der Waals surface area contributed by atoms with Crippen LogP contribution in [0.1, 0.15) is 38.1 Å². The zero-order valence-corrected chi connectivity index (χ0v) is 11.4. The highest BCUT2D eigenvalue weighted by molar-refractivity contribution is 5.77. The Bertz CT molecular complexity index is 602. The average molecular weight is 241 g/mol. The Morgan fingerprint density at radius 2 is 2.11 bits per heavy atom. The summed E-state index contributed by atoms with van der Waals surface area (Å²) in [6, 6.07) is 8.57. The number of aryl methyl sites for hydroxylation is 2. The Morgan fingerprint density at radius 3 is 2.67 bits per heavy atom. The van der Waals surface area contributed by atoms with Crippen LogP contribution in [0.4, 0.5) is 0 Å². The molecule has 1 atom stereocenters. The molecule has 0 spiro atoms. The van der Waals surface area contributed by atoms with E-state index in [0.29, 0.717) is 5.92 Å². The highest BCUT2D eigenvalue weighted by atomic mass is 15.1. The van der Waals surface area contributed by atoms with Crippen molar-refractivity contribution in [3.05, 3.63) is 29.6 Å². The Hall–Kier alpha value is -1.82. The van der Waals surface area contributed by atoms with Gasteiger partial charge in [-0.25, -0.2) is 4.98 Å². The van der Waals surface area contributed by atoms with Gasteiger partial charge >= 0.3 is 0 Å². The number of hydrogen-bond acceptors (Lipinski definition) is 2. The summed E-state index contributed by atoms with van der Waals surface area (Å²) in [7, 11) is 2.04. The molecule has 0 amide bonds. The summed E-state index contributed by atoms with van der Waals surface area (Å²) in [6.07, 6.45) is 0.923. The fourth-order valence-corrected chi connectivity index (χ4v) is 2.38. The van der Waals surface area contributed by atoms with E-state index in [2.05, 4.69) is 54.6 Å². The van der Waals surface area contributed by atoms with Gasteiger partial charge in [0.1, 0.15) is 5.82 Å². The van der Waals surface area contributed by atoms with Gasteiger partial charge in [0, 0.05) is 13.5 Å². The lowest BCUT2D eigenvalue weighted by atomic mass is 9.90. The highest BCUT2D eigenvalue weighted by Gasteiger charge is 2.16. The van der Waals surface area contributed by atoms with Crippen molar-refractivity contribution in [3.63, 3.8) is 0 Å².